The van der Waals surface area contributed by atoms with Crippen LogP contribution >= 0.6 is 0 Å². The number of aromatic carboxylic acids is 1. The van der Waals surface area contributed by atoms with E-state index < -0.39 is 5.97 Å². The van der Waals surface area contributed by atoms with Gasteiger partial charge in [0.2, 0.25) is 0 Å². The molecule has 1 unspecified atom stereocenters. The maximum Gasteiger partial charge on any atom is 0.356 e. The Morgan fingerprint density at radius 3 is 2.92 bits per heavy atom. The number of carboxylic acid groups (broad SMARTS) is 1. The van der Waals surface area contributed by atoms with Gasteiger partial charge in [0.05, 0.1) is 0 Å². The van der Waals surface area contributed by atoms with Gasteiger partial charge >= 0.3 is 5.97 Å². The number of rotatable bonds is 4. The summed E-state index contributed by atoms with van der Waals surface area (Å²) in [6, 6.07) is 1.60. The molecule has 4 nitrogen and oxygen atoms in total. The number of hydrogen-bond acceptors (Lipinski definition) is 2. The van der Waals surface area contributed by atoms with Gasteiger partial charge in [0.25, 0.3) is 0 Å². The molecule has 1 atom stereocenters. The number of carbonyl (C=O) groups is 1. The van der Waals surface area contributed by atoms with E-state index in [1.165, 1.54) is 0 Å². The average Bonchev–Trinajstić information content (AvgIpc) is 2.52. The molecule has 1 heterocycles. The number of H-pyrrole nitrogens is 1. The van der Waals surface area contributed by atoms with E-state index in [9.17, 15) is 4.79 Å². The molecule has 0 radical (unpaired) electrons. The first kappa shape index (κ1) is 9.77. The summed E-state index contributed by atoms with van der Waals surface area (Å²) in [4.78, 5) is 10.5. The van der Waals surface area contributed by atoms with Gasteiger partial charge in [-0.1, -0.05) is 20.3 Å². The predicted octanol–water partition coefficient (Wildman–Crippen LogP) is 2.01. The van der Waals surface area contributed by atoms with Crippen LogP contribution in [-0.2, 0) is 0 Å². The van der Waals surface area contributed by atoms with Crippen LogP contribution in [0.1, 0.15) is 48.8 Å². The first-order valence-electron chi connectivity index (χ1n) is 4.43. The van der Waals surface area contributed by atoms with Gasteiger partial charge in [0.1, 0.15) is 0 Å². The maximum absolute atomic E-state index is 10.5. The molecule has 2 N–H and O–H groups in total. The van der Waals surface area contributed by atoms with Crippen molar-refractivity contribution in [3.05, 3.63) is 17.5 Å². The molecule has 1 aromatic heterocycles. The number of hydrogen-bond donors (Lipinski definition) is 2. The monoisotopic (exact) mass is 182 g/mol. The van der Waals surface area contributed by atoms with Gasteiger partial charge in [-0.15, -0.1) is 0 Å². The molecule has 0 aromatic carbocycles. The smallest absolute Gasteiger partial charge is 0.356 e. The topological polar surface area (TPSA) is 66.0 Å². The van der Waals surface area contributed by atoms with Gasteiger partial charge in [0.15, 0.2) is 5.69 Å². The zero-order valence-electron chi connectivity index (χ0n) is 7.87. The molecule has 0 aliphatic carbocycles. The Labute approximate surface area is 77.0 Å². The number of nitrogens with one attached hydrogen (secondary N) is 1. The summed E-state index contributed by atoms with van der Waals surface area (Å²) in [5.74, 6) is -0.628. The summed E-state index contributed by atoms with van der Waals surface area (Å²) >= 11 is 0. The summed E-state index contributed by atoms with van der Waals surface area (Å²) in [6.45, 7) is 4.16. The highest BCUT2D eigenvalue weighted by Gasteiger charge is 2.11. The van der Waals surface area contributed by atoms with Crippen molar-refractivity contribution in [1.29, 1.82) is 0 Å². The minimum atomic E-state index is -0.980. The van der Waals surface area contributed by atoms with E-state index in [2.05, 4.69) is 24.0 Å². The van der Waals surface area contributed by atoms with Crippen molar-refractivity contribution in [2.75, 3.05) is 0 Å². The summed E-state index contributed by atoms with van der Waals surface area (Å²) in [7, 11) is 0. The second-order valence-corrected chi connectivity index (χ2v) is 3.20. The van der Waals surface area contributed by atoms with E-state index in [-0.39, 0.29) is 5.69 Å². The Morgan fingerprint density at radius 2 is 2.46 bits per heavy atom. The third-order valence-corrected chi connectivity index (χ3v) is 2.07. The summed E-state index contributed by atoms with van der Waals surface area (Å²) in [5.41, 5.74) is 0.997. The molecular weight excluding hydrogens is 168 g/mol. The fraction of sp³-hybridized carbons (Fsp3) is 0.556. The molecule has 0 fully saturated rings. The zero-order valence-corrected chi connectivity index (χ0v) is 7.87. The molecule has 0 saturated carbocycles. The first-order chi connectivity index (χ1) is 6.15. The van der Waals surface area contributed by atoms with Crippen LogP contribution < -0.4 is 0 Å². The van der Waals surface area contributed by atoms with E-state index in [1.807, 2.05) is 0 Å². The maximum atomic E-state index is 10.5. The van der Waals surface area contributed by atoms with Crippen LogP contribution in [0.15, 0.2) is 6.07 Å². The van der Waals surface area contributed by atoms with E-state index in [0.717, 1.165) is 18.5 Å². The molecule has 72 valence electrons. The number of aromatic nitrogens is 2. The lowest BCUT2D eigenvalue weighted by Crippen LogP contribution is -1.95. The standard InChI is InChI=1S/C9H14N2O2/c1-3-4-6(2)7-5-8(9(12)13)11-10-7/h5-6H,3-4H2,1-2H3,(H,10,11)(H,12,13). The molecule has 0 aliphatic heterocycles. The Balaban J connectivity index is 2.73. The lowest BCUT2D eigenvalue weighted by Gasteiger charge is -2.05. The Hall–Kier alpha value is -1.32. The first-order valence-corrected chi connectivity index (χ1v) is 4.43. The minimum Gasteiger partial charge on any atom is -0.476 e. The van der Waals surface area contributed by atoms with Crippen molar-refractivity contribution in [2.45, 2.75) is 32.6 Å². The largest absolute Gasteiger partial charge is 0.476 e. The van der Waals surface area contributed by atoms with Crippen LogP contribution in [0.25, 0.3) is 0 Å². The van der Waals surface area contributed by atoms with Crippen LogP contribution in [0.3, 0.4) is 0 Å². The van der Waals surface area contributed by atoms with E-state index >= 15 is 0 Å². The molecule has 0 spiro atoms. The SMILES string of the molecule is CCCC(C)c1cc(C(=O)O)n[nH]1. The second kappa shape index (κ2) is 4.07. The fourth-order valence-electron chi connectivity index (χ4n) is 1.29. The van der Waals surface area contributed by atoms with Gasteiger partial charge in [0, 0.05) is 5.69 Å². The molecule has 0 amide bonds. The van der Waals surface area contributed by atoms with Gasteiger partial charge in [-0.25, -0.2) is 4.79 Å². The van der Waals surface area contributed by atoms with Crippen LogP contribution in [0.4, 0.5) is 0 Å². The predicted molar refractivity (Wildman–Crippen MR) is 48.9 cm³/mol. The number of aromatic amines is 1. The van der Waals surface area contributed by atoms with Crippen LogP contribution in [-0.4, -0.2) is 21.3 Å². The molecule has 1 aromatic rings. The van der Waals surface area contributed by atoms with E-state index in [0.29, 0.717) is 5.92 Å². The van der Waals surface area contributed by atoms with Crippen LogP contribution in [0, 0.1) is 0 Å². The van der Waals surface area contributed by atoms with Crippen LogP contribution in [0.2, 0.25) is 0 Å². The fourth-order valence-corrected chi connectivity index (χ4v) is 1.29. The molecule has 0 saturated heterocycles. The molecular formula is C9H14N2O2. The summed E-state index contributed by atoms with van der Waals surface area (Å²) in [6.07, 6.45) is 2.13. The highest BCUT2D eigenvalue weighted by atomic mass is 16.4. The number of carboxylic acids is 1. The van der Waals surface area contributed by atoms with Crippen molar-refractivity contribution < 1.29 is 9.90 Å². The Morgan fingerprint density at radius 1 is 1.77 bits per heavy atom. The minimum absolute atomic E-state index is 0.0953. The summed E-state index contributed by atoms with van der Waals surface area (Å²) < 4.78 is 0. The Bertz CT molecular complexity index is 294. The normalized spacial score (nSPS) is 12.8. The van der Waals surface area contributed by atoms with Gasteiger partial charge in [-0.05, 0) is 18.4 Å². The van der Waals surface area contributed by atoms with E-state index in [4.69, 9.17) is 5.11 Å². The quantitative estimate of drug-likeness (QED) is 0.748. The van der Waals surface area contributed by atoms with Crippen LogP contribution in [0.5, 0.6) is 0 Å². The van der Waals surface area contributed by atoms with Crippen molar-refractivity contribution in [3.8, 4) is 0 Å². The lowest BCUT2D eigenvalue weighted by atomic mass is 10.0. The molecule has 0 aliphatic rings. The third-order valence-electron chi connectivity index (χ3n) is 2.07. The highest BCUT2D eigenvalue weighted by molar-refractivity contribution is 5.85. The van der Waals surface area contributed by atoms with Crippen molar-refractivity contribution in [3.63, 3.8) is 0 Å². The van der Waals surface area contributed by atoms with Gasteiger partial charge in [-0.3, -0.25) is 5.10 Å². The Kier molecular flexibility index (Phi) is 3.06. The molecule has 4 heteroatoms. The summed E-state index contributed by atoms with van der Waals surface area (Å²) in [5, 5.41) is 15.1. The highest BCUT2D eigenvalue weighted by Crippen LogP contribution is 2.18. The molecule has 0 bridgehead atoms. The number of nitrogens with zero attached hydrogens (tertiary/aromatic N) is 1. The zero-order chi connectivity index (χ0) is 9.84. The van der Waals surface area contributed by atoms with E-state index in [1.54, 1.807) is 6.07 Å². The van der Waals surface area contributed by atoms with Crippen molar-refractivity contribution in [2.24, 2.45) is 0 Å². The van der Waals surface area contributed by atoms with Gasteiger partial charge < -0.3 is 5.11 Å². The third kappa shape index (κ3) is 2.31. The molecule has 1 rings (SSSR count). The van der Waals surface area contributed by atoms with Gasteiger partial charge in [-0.2, -0.15) is 5.10 Å². The average molecular weight is 182 g/mol. The lowest BCUT2D eigenvalue weighted by molar-refractivity contribution is 0.0690. The van der Waals surface area contributed by atoms with Crippen molar-refractivity contribution >= 4 is 5.97 Å². The molecule has 13 heavy (non-hydrogen) atoms. The van der Waals surface area contributed by atoms with Crippen molar-refractivity contribution in [1.82, 2.24) is 10.2 Å². The second-order valence-electron chi connectivity index (χ2n) is 3.20.